The van der Waals surface area contributed by atoms with E-state index >= 15 is 0 Å². The SMILES string of the molecule is NNC(=O)Cc1cccc(OC[C@@H]2CCNC2)c1. The molecule has 0 bridgehead atoms. The van der Waals surface area contributed by atoms with Gasteiger partial charge in [-0.05, 0) is 30.7 Å². The van der Waals surface area contributed by atoms with Crippen LogP contribution in [0.4, 0.5) is 0 Å². The largest absolute Gasteiger partial charge is 0.493 e. The molecule has 0 saturated carbocycles. The molecule has 1 fully saturated rings. The third-order valence-electron chi connectivity index (χ3n) is 3.07. The predicted octanol–water partition coefficient (Wildman–Crippen LogP) is 0.207. The molecule has 1 atom stereocenters. The van der Waals surface area contributed by atoms with Crippen LogP contribution in [0.3, 0.4) is 0 Å². The number of ether oxygens (including phenoxy) is 1. The van der Waals surface area contributed by atoms with Gasteiger partial charge in [0.05, 0.1) is 13.0 Å². The second-order valence-electron chi connectivity index (χ2n) is 4.56. The minimum atomic E-state index is -0.202. The van der Waals surface area contributed by atoms with Crippen molar-refractivity contribution in [3.8, 4) is 5.75 Å². The highest BCUT2D eigenvalue weighted by molar-refractivity contribution is 5.77. The molecule has 1 heterocycles. The predicted molar refractivity (Wildman–Crippen MR) is 68.9 cm³/mol. The maximum absolute atomic E-state index is 11.2. The molecule has 1 saturated heterocycles. The van der Waals surface area contributed by atoms with Crippen LogP contribution in [0.25, 0.3) is 0 Å². The van der Waals surface area contributed by atoms with Crippen LogP contribution >= 0.6 is 0 Å². The van der Waals surface area contributed by atoms with Gasteiger partial charge in [0.15, 0.2) is 0 Å². The number of amides is 1. The second-order valence-corrected chi connectivity index (χ2v) is 4.56. The van der Waals surface area contributed by atoms with Gasteiger partial charge in [0.1, 0.15) is 5.75 Å². The zero-order valence-electron chi connectivity index (χ0n) is 10.3. The molecule has 98 valence electrons. The molecule has 0 spiro atoms. The quantitative estimate of drug-likeness (QED) is 0.396. The zero-order chi connectivity index (χ0) is 12.8. The summed E-state index contributed by atoms with van der Waals surface area (Å²) in [5, 5.41) is 3.31. The monoisotopic (exact) mass is 249 g/mol. The van der Waals surface area contributed by atoms with Crippen LogP contribution in [-0.2, 0) is 11.2 Å². The Labute approximate surface area is 107 Å². The number of nitrogens with one attached hydrogen (secondary N) is 2. The molecule has 1 aromatic rings. The van der Waals surface area contributed by atoms with Gasteiger partial charge in [-0.2, -0.15) is 0 Å². The molecule has 0 unspecified atom stereocenters. The molecular formula is C13H19N3O2. The Kier molecular flexibility index (Phi) is 4.55. The van der Waals surface area contributed by atoms with E-state index in [1.165, 1.54) is 0 Å². The van der Waals surface area contributed by atoms with Crippen molar-refractivity contribution in [2.24, 2.45) is 11.8 Å². The summed E-state index contributed by atoms with van der Waals surface area (Å²) in [5.41, 5.74) is 3.02. The summed E-state index contributed by atoms with van der Waals surface area (Å²) in [7, 11) is 0. The van der Waals surface area contributed by atoms with E-state index in [4.69, 9.17) is 10.6 Å². The molecule has 1 aliphatic rings. The number of carbonyl (C=O) groups is 1. The first-order chi connectivity index (χ1) is 8.78. The molecule has 0 radical (unpaired) electrons. The van der Waals surface area contributed by atoms with Gasteiger partial charge in [-0.25, -0.2) is 5.84 Å². The third kappa shape index (κ3) is 3.72. The second kappa shape index (κ2) is 6.37. The van der Waals surface area contributed by atoms with Crippen LogP contribution in [0, 0.1) is 5.92 Å². The van der Waals surface area contributed by atoms with E-state index in [-0.39, 0.29) is 12.3 Å². The Morgan fingerprint density at radius 1 is 1.56 bits per heavy atom. The minimum absolute atomic E-state index is 0.202. The van der Waals surface area contributed by atoms with Crippen LogP contribution in [-0.4, -0.2) is 25.6 Å². The maximum atomic E-state index is 11.2. The third-order valence-corrected chi connectivity index (χ3v) is 3.07. The highest BCUT2D eigenvalue weighted by Gasteiger charge is 2.14. The molecule has 5 nitrogen and oxygen atoms in total. The summed E-state index contributed by atoms with van der Waals surface area (Å²) >= 11 is 0. The molecule has 18 heavy (non-hydrogen) atoms. The Balaban J connectivity index is 1.87. The number of hydrogen-bond donors (Lipinski definition) is 3. The van der Waals surface area contributed by atoms with Crippen molar-refractivity contribution in [2.75, 3.05) is 19.7 Å². The first-order valence-electron chi connectivity index (χ1n) is 6.20. The Morgan fingerprint density at radius 3 is 3.17 bits per heavy atom. The molecule has 1 amide bonds. The van der Waals surface area contributed by atoms with Gasteiger partial charge < -0.3 is 10.1 Å². The molecule has 5 heteroatoms. The summed E-state index contributed by atoms with van der Waals surface area (Å²) < 4.78 is 5.74. The summed E-state index contributed by atoms with van der Waals surface area (Å²) in [4.78, 5) is 11.2. The van der Waals surface area contributed by atoms with Crippen molar-refractivity contribution >= 4 is 5.91 Å². The maximum Gasteiger partial charge on any atom is 0.238 e. The van der Waals surface area contributed by atoms with Gasteiger partial charge in [-0.15, -0.1) is 0 Å². The van der Waals surface area contributed by atoms with Crippen molar-refractivity contribution < 1.29 is 9.53 Å². The van der Waals surface area contributed by atoms with Crippen molar-refractivity contribution in [1.29, 1.82) is 0 Å². The molecule has 1 aromatic carbocycles. The topological polar surface area (TPSA) is 76.4 Å². The van der Waals surface area contributed by atoms with Crippen LogP contribution < -0.4 is 21.3 Å². The fourth-order valence-electron chi connectivity index (χ4n) is 2.05. The smallest absolute Gasteiger partial charge is 0.238 e. The van der Waals surface area contributed by atoms with E-state index < -0.39 is 0 Å². The summed E-state index contributed by atoms with van der Waals surface area (Å²) in [6.07, 6.45) is 1.44. The average Bonchev–Trinajstić information content (AvgIpc) is 2.90. The van der Waals surface area contributed by atoms with Gasteiger partial charge in [-0.3, -0.25) is 10.2 Å². The lowest BCUT2D eigenvalue weighted by Crippen LogP contribution is -2.31. The van der Waals surface area contributed by atoms with Crippen LogP contribution in [0.5, 0.6) is 5.75 Å². The Morgan fingerprint density at radius 2 is 2.44 bits per heavy atom. The highest BCUT2D eigenvalue weighted by Crippen LogP contribution is 2.16. The van der Waals surface area contributed by atoms with Gasteiger partial charge in [-0.1, -0.05) is 12.1 Å². The van der Waals surface area contributed by atoms with E-state index in [9.17, 15) is 4.79 Å². The van der Waals surface area contributed by atoms with Gasteiger partial charge in [0, 0.05) is 12.5 Å². The van der Waals surface area contributed by atoms with Crippen molar-refractivity contribution in [1.82, 2.24) is 10.7 Å². The van der Waals surface area contributed by atoms with E-state index in [1.54, 1.807) is 0 Å². The first kappa shape index (κ1) is 12.9. The molecule has 0 aromatic heterocycles. The number of benzene rings is 1. The molecule has 1 aliphatic heterocycles. The molecular weight excluding hydrogens is 230 g/mol. The van der Waals surface area contributed by atoms with Gasteiger partial charge in [0.2, 0.25) is 5.91 Å². The fourth-order valence-corrected chi connectivity index (χ4v) is 2.05. The lowest BCUT2D eigenvalue weighted by Gasteiger charge is -2.11. The minimum Gasteiger partial charge on any atom is -0.493 e. The van der Waals surface area contributed by atoms with Gasteiger partial charge in [0.25, 0.3) is 0 Å². The van der Waals surface area contributed by atoms with Gasteiger partial charge >= 0.3 is 0 Å². The standard InChI is InChI=1S/C13H19N3O2/c14-16-13(17)7-10-2-1-3-12(6-10)18-9-11-4-5-15-8-11/h1-3,6,11,15H,4-5,7-9,14H2,(H,16,17)/t11-/m1/s1. The van der Waals surface area contributed by atoms with E-state index in [1.807, 2.05) is 24.3 Å². The lowest BCUT2D eigenvalue weighted by atomic mass is 10.1. The Bertz CT molecular complexity index is 403. The molecule has 4 N–H and O–H groups in total. The van der Waals surface area contributed by atoms with Crippen molar-refractivity contribution in [2.45, 2.75) is 12.8 Å². The highest BCUT2D eigenvalue weighted by atomic mass is 16.5. The normalized spacial score (nSPS) is 18.6. The number of nitrogens with two attached hydrogens (primary N) is 1. The average molecular weight is 249 g/mol. The van der Waals surface area contributed by atoms with E-state index in [0.29, 0.717) is 5.92 Å². The summed E-state index contributed by atoms with van der Waals surface area (Å²) in [5.74, 6) is 6.25. The van der Waals surface area contributed by atoms with E-state index in [0.717, 1.165) is 37.4 Å². The number of hydrazine groups is 1. The van der Waals surface area contributed by atoms with E-state index in [2.05, 4.69) is 10.7 Å². The Hall–Kier alpha value is -1.59. The molecule has 2 rings (SSSR count). The summed E-state index contributed by atoms with van der Waals surface area (Å²) in [6, 6.07) is 7.57. The number of hydrogen-bond acceptors (Lipinski definition) is 4. The fraction of sp³-hybridized carbons (Fsp3) is 0.462. The first-order valence-corrected chi connectivity index (χ1v) is 6.20. The summed E-state index contributed by atoms with van der Waals surface area (Å²) in [6.45, 7) is 2.82. The zero-order valence-corrected chi connectivity index (χ0v) is 10.3. The van der Waals surface area contributed by atoms with Crippen LogP contribution in [0.1, 0.15) is 12.0 Å². The van der Waals surface area contributed by atoms with Crippen molar-refractivity contribution in [3.63, 3.8) is 0 Å². The number of carbonyl (C=O) groups excluding carboxylic acids is 1. The molecule has 0 aliphatic carbocycles. The number of rotatable bonds is 5. The van der Waals surface area contributed by atoms with Crippen LogP contribution in [0.15, 0.2) is 24.3 Å². The van der Waals surface area contributed by atoms with Crippen LogP contribution in [0.2, 0.25) is 0 Å². The lowest BCUT2D eigenvalue weighted by molar-refractivity contribution is -0.120. The van der Waals surface area contributed by atoms with Crippen molar-refractivity contribution in [3.05, 3.63) is 29.8 Å².